The third-order valence-corrected chi connectivity index (χ3v) is 4.21. The second-order valence-corrected chi connectivity index (χ2v) is 6.23. The molecule has 0 radical (unpaired) electrons. The Balaban J connectivity index is 2.13. The van der Waals surface area contributed by atoms with E-state index in [-0.39, 0.29) is 16.0 Å². The largest absolute Gasteiger partial charge is 0.422 e. The van der Waals surface area contributed by atoms with Crippen LogP contribution in [-0.2, 0) is 10.1 Å². The van der Waals surface area contributed by atoms with Crippen LogP contribution in [0.4, 0.5) is 0 Å². The maximum Gasteiger partial charge on any atom is 0.343 e. The first-order valence-corrected chi connectivity index (χ1v) is 8.17. The van der Waals surface area contributed by atoms with Crippen LogP contribution in [-0.4, -0.2) is 18.9 Å². The Hall–Kier alpha value is -2.70. The smallest absolute Gasteiger partial charge is 0.343 e. The van der Waals surface area contributed by atoms with Crippen LogP contribution < -0.4 is 4.74 Å². The quantitative estimate of drug-likeness (QED) is 0.453. The molecule has 0 saturated heterocycles. The standard InChI is InChI=1S/C17H12O5S/c18-17(13-6-2-1-3-7-13)22-14-10-4-8-12-9-5-11-15(16(12)14)23(19,20)21/h1-11H,(H,19,20,21). The van der Waals surface area contributed by atoms with Gasteiger partial charge in [0.2, 0.25) is 0 Å². The second kappa shape index (κ2) is 5.83. The lowest BCUT2D eigenvalue weighted by Gasteiger charge is -2.10. The summed E-state index contributed by atoms with van der Waals surface area (Å²) in [5, 5.41) is 0.709. The van der Waals surface area contributed by atoms with E-state index in [4.69, 9.17) is 4.74 Å². The van der Waals surface area contributed by atoms with E-state index in [0.29, 0.717) is 10.9 Å². The van der Waals surface area contributed by atoms with Crippen LogP contribution in [0.3, 0.4) is 0 Å². The molecule has 6 heteroatoms. The molecule has 0 aromatic heterocycles. The van der Waals surface area contributed by atoms with Crippen molar-refractivity contribution in [1.29, 1.82) is 0 Å². The Morgan fingerprint density at radius 3 is 2.17 bits per heavy atom. The number of ether oxygens (including phenoxy) is 1. The van der Waals surface area contributed by atoms with Crippen molar-refractivity contribution < 1.29 is 22.5 Å². The third kappa shape index (κ3) is 3.08. The number of carbonyl (C=O) groups excluding carboxylic acids is 1. The predicted molar refractivity (Wildman–Crippen MR) is 85.2 cm³/mol. The molecular formula is C17H12O5S. The van der Waals surface area contributed by atoms with Gasteiger partial charge in [-0.25, -0.2) is 4.79 Å². The Morgan fingerprint density at radius 1 is 0.870 bits per heavy atom. The van der Waals surface area contributed by atoms with Gasteiger partial charge in [0.15, 0.2) is 0 Å². The molecule has 0 aliphatic heterocycles. The highest BCUT2D eigenvalue weighted by molar-refractivity contribution is 7.86. The average Bonchev–Trinajstić information content (AvgIpc) is 2.54. The van der Waals surface area contributed by atoms with Crippen LogP contribution in [0.5, 0.6) is 5.75 Å². The topological polar surface area (TPSA) is 80.7 Å². The Bertz CT molecular complexity index is 973. The maximum atomic E-state index is 12.2. The molecule has 3 rings (SSSR count). The highest BCUT2D eigenvalue weighted by atomic mass is 32.2. The SMILES string of the molecule is O=C(Oc1cccc2cccc(S(=O)(=O)O)c12)c1ccccc1. The normalized spacial score (nSPS) is 11.3. The van der Waals surface area contributed by atoms with Gasteiger partial charge in [0.1, 0.15) is 10.6 Å². The Labute approximate surface area is 132 Å². The van der Waals surface area contributed by atoms with Crippen molar-refractivity contribution in [3.05, 3.63) is 72.3 Å². The first-order valence-electron chi connectivity index (χ1n) is 6.73. The number of rotatable bonds is 3. The summed E-state index contributed by atoms with van der Waals surface area (Å²) in [6.45, 7) is 0. The molecule has 0 unspecified atom stereocenters. The van der Waals surface area contributed by atoms with Gasteiger partial charge in [0.25, 0.3) is 10.1 Å². The van der Waals surface area contributed by atoms with Crippen LogP contribution in [0.25, 0.3) is 10.8 Å². The molecule has 0 aliphatic carbocycles. The molecule has 3 aromatic carbocycles. The molecule has 0 aliphatic rings. The molecule has 0 bridgehead atoms. The number of hydrogen-bond acceptors (Lipinski definition) is 4. The molecule has 23 heavy (non-hydrogen) atoms. The van der Waals surface area contributed by atoms with E-state index in [1.54, 1.807) is 48.5 Å². The molecule has 0 fully saturated rings. The Kier molecular flexibility index (Phi) is 3.85. The molecule has 0 heterocycles. The number of hydrogen-bond donors (Lipinski definition) is 1. The van der Waals surface area contributed by atoms with E-state index in [1.165, 1.54) is 18.2 Å². The van der Waals surface area contributed by atoms with Gasteiger partial charge in [-0.15, -0.1) is 0 Å². The third-order valence-electron chi connectivity index (χ3n) is 3.32. The molecule has 5 nitrogen and oxygen atoms in total. The lowest BCUT2D eigenvalue weighted by atomic mass is 10.1. The minimum absolute atomic E-state index is 0.0737. The van der Waals surface area contributed by atoms with Gasteiger partial charge in [-0.1, -0.05) is 42.5 Å². The monoisotopic (exact) mass is 328 g/mol. The fourth-order valence-corrected chi connectivity index (χ4v) is 3.03. The van der Waals surface area contributed by atoms with Crippen molar-refractivity contribution in [3.63, 3.8) is 0 Å². The van der Waals surface area contributed by atoms with Crippen molar-refractivity contribution in [1.82, 2.24) is 0 Å². The van der Waals surface area contributed by atoms with Crippen molar-refractivity contribution in [2.24, 2.45) is 0 Å². The van der Waals surface area contributed by atoms with Crippen molar-refractivity contribution in [2.45, 2.75) is 4.90 Å². The first-order chi connectivity index (χ1) is 11.0. The minimum atomic E-state index is -4.44. The van der Waals surface area contributed by atoms with Gasteiger partial charge >= 0.3 is 5.97 Å². The predicted octanol–water partition coefficient (Wildman–Crippen LogP) is 3.31. The summed E-state index contributed by atoms with van der Waals surface area (Å²) in [7, 11) is -4.44. The first kappa shape index (κ1) is 15.2. The summed E-state index contributed by atoms with van der Waals surface area (Å²) in [6.07, 6.45) is 0. The summed E-state index contributed by atoms with van der Waals surface area (Å²) >= 11 is 0. The molecule has 116 valence electrons. The summed E-state index contributed by atoms with van der Waals surface area (Å²) in [6, 6.07) is 17.6. The number of benzene rings is 3. The molecular weight excluding hydrogens is 316 g/mol. The van der Waals surface area contributed by atoms with Crippen LogP contribution in [0.15, 0.2) is 71.6 Å². The van der Waals surface area contributed by atoms with E-state index in [9.17, 15) is 17.8 Å². The van der Waals surface area contributed by atoms with E-state index in [2.05, 4.69) is 0 Å². The highest BCUT2D eigenvalue weighted by Gasteiger charge is 2.19. The highest BCUT2D eigenvalue weighted by Crippen LogP contribution is 2.32. The van der Waals surface area contributed by atoms with Crippen LogP contribution in [0, 0.1) is 0 Å². The lowest BCUT2D eigenvalue weighted by Crippen LogP contribution is -2.09. The zero-order chi connectivity index (χ0) is 16.4. The van der Waals surface area contributed by atoms with E-state index in [0.717, 1.165) is 0 Å². The van der Waals surface area contributed by atoms with Gasteiger partial charge in [-0.2, -0.15) is 8.42 Å². The number of esters is 1. The zero-order valence-corrected chi connectivity index (χ0v) is 12.7. The van der Waals surface area contributed by atoms with Crippen LogP contribution in [0.2, 0.25) is 0 Å². The van der Waals surface area contributed by atoms with Crippen molar-refractivity contribution in [3.8, 4) is 5.75 Å². The molecule has 1 N–H and O–H groups in total. The summed E-state index contributed by atoms with van der Waals surface area (Å²) in [5.41, 5.74) is 0.342. The summed E-state index contributed by atoms with van der Waals surface area (Å²) in [5.74, 6) is -0.534. The summed E-state index contributed by atoms with van der Waals surface area (Å²) < 4.78 is 37.9. The molecule has 3 aromatic rings. The zero-order valence-electron chi connectivity index (χ0n) is 11.8. The average molecular weight is 328 g/mol. The maximum absolute atomic E-state index is 12.2. The lowest BCUT2D eigenvalue weighted by molar-refractivity contribution is 0.0737. The number of carbonyl (C=O) groups is 1. The molecule has 0 atom stereocenters. The van der Waals surface area contributed by atoms with Gasteiger partial charge in [-0.05, 0) is 29.7 Å². The van der Waals surface area contributed by atoms with Crippen LogP contribution >= 0.6 is 0 Å². The van der Waals surface area contributed by atoms with Crippen molar-refractivity contribution in [2.75, 3.05) is 0 Å². The van der Waals surface area contributed by atoms with E-state index >= 15 is 0 Å². The minimum Gasteiger partial charge on any atom is -0.422 e. The van der Waals surface area contributed by atoms with E-state index < -0.39 is 16.1 Å². The molecule has 0 saturated carbocycles. The van der Waals surface area contributed by atoms with E-state index in [1.807, 2.05) is 0 Å². The van der Waals surface area contributed by atoms with Gasteiger partial charge in [0.05, 0.1) is 5.56 Å². The molecule has 0 amide bonds. The van der Waals surface area contributed by atoms with Crippen LogP contribution in [0.1, 0.15) is 10.4 Å². The second-order valence-electron chi connectivity index (χ2n) is 4.84. The Morgan fingerprint density at radius 2 is 1.52 bits per heavy atom. The molecule has 0 spiro atoms. The van der Waals surface area contributed by atoms with Gasteiger partial charge < -0.3 is 4.74 Å². The fourth-order valence-electron chi connectivity index (χ4n) is 2.31. The number of fused-ring (bicyclic) bond motifs is 1. The van der Waals surface area contributed by atoms with Crippen molar-refractivity contribution >= 4 is 26.9 Å². The summed E-state index contributed by atoms with van der Waals surface area (Å²) in [4.78, 5) is 11.9. The van der Waals surface area contributed by atoms with Gasteiger partial charge in [0, 0.05) is 5.39 Å². The fraction of sp³-hybridized carbons (Fsp3) is 0. The van der Waals surface area contributed by atoms with Gasteiger partial charge in [-0.3, -0.25) is 4.55 Å².